The van der Waals surface area contributed by atoms with Gasteiger partial charge in [-0.05, 0) is 53.9 Å². The van der Waals surface area contributed by atoms with Gasteiger partial charge >= 0.3 is 5.97 Å². The molecule has 3 aromatic rings. The van der Waals surface area contributed by atoms with Crippen molar-refractivity contribution in [1.82, 2.24) is 0 Å². The number of benzene rings is 3. The van der Waals surface area contributed by atoms with E-state index in [2.05, 4.69) is 0 Å². The van der Waals surface area contributed by atoms with Crippen LogP contribution in [0.15, 0.2) is 72.8 Å². The van der Waals surface area contributed by atoms with Crippen molar-refractivity contribution >= 4 is 17.6 Å². The monoisotopic (exact) mass is 382 g/mol. The Hall–Kier alpha value is -2.98. The molecule has 0 aliphatic heterocycles. The van der Waals surface area contributed by atoms with Crippen LogP contribution in [0.2, 0.25) is 5.02 Å². The molecule has 0 saturated heterocycles. The summed E-state index contributed by atoms with van der Waals surface area (Å²) in [6, 6.07) is 21.7. The molecule has 0 amide bonds. The zero-order valence-electron chi connectivity index (χ0n) is 14.8. The van der Waals surface area contributed by atoms with Crippen LogP contribution >= 0.6 is 11.6 Å². The van der Waals surface area contributed by atoms with E-state index < -0.39 is 11.9 Å². The molecule has 0 fully saturated rings. The van der Waals surface area contributed by atoms with Gasteiger partial charge in [-0.1, -0.05) is 48.0 Å². The molecule has 0 aliphatic rings. The van der Waals surface area contributed by atoms with Gasteiger partial charge in [-0.3, -0.25) is 4.79 Å². The number of aliphatic carboxylic acids is 1. The SMILES string of the molecule is COc1ccc(C(Cc2ccc(Oc3ccccc3Cl)cc2)C(=O)O)cc1. The Kier molecular flexibility index (Phi) is 5.99. The highest BCUT2D eigenvalue weighted by Gasteiger charge is 2.20. The summed E-state index contributed by atoms with van der Waals surface area (Å²) in [7, 11) is 1.58. The van der Waals surface area contributed by atoms with Crippen LogP contribution in [0, 0.1) is 0 Å². The Bertz CT molecular complexity index is 904. The largest absolute Gasteiger partial charge is 0.497 e. The number of carbonyl (C=O) groups is 1. The van der Waals surface area contributed by atoms with Crippen molar-refractivity contribution in [2.24, 2.45) is 0 Å². The first kappa shape index (κ1) is 18.8. The fourth-order valence-corrected chi connectivity index (χ4v) is 2.94. The lowest BCUT2D eigenvalue weighted by molar-refractivity contribution is -0.138. The zero-order chi connectivity index (χ0) is 19.2. The number of halogens is 1. The average molecular weight is 383 g/mol. The molecule has 5 heteroatoms. The van der Waals surface area contributed by atoms with E-state index in [0.29, 0.717) is 28.7 Å². The fraction of sp³-hybridized carbons (Fsp3) is 0.136. The van der Waals surface area contributed by atoms with Gasteiger partial charge in [0.1, 0.15) is 17.2 Å². The molecule has 138 valence electrons. The van der Waals surface area contributed by atoms with Gasteiger partial charge in [0.2, 0.25) is 0 Å². The molecule has 0 radical (unpaired) electrons. The summed E-state index contributed by atoms with van der Waals surface area (Å²) in [5.74, 6) is 0.420. The molecule has 0 spiro atoms. The van der Waals surface area contributed by atoms with Gasteiger partial charge in [0, 0.05) is 0 Å². The van der Waals surface area contributed by atoms with Crippen molar-refractivity contribution in [1.29, 1.82) is 0 Å². The van der Waals surface area contributed by atoms with Gasteiger partial charge in [-0.2, -0.15) is 0 Å². The predicted octanol–water partition coefficient (Wildman–Crippen LogP) is 5.55. The molecule has 0 bridgehead atoms. The Morgan fingerprint density at radius 3 is 2.19 bits per heavy atom. The Labute approximate surface area is 162 Å². The van der Waals surface area contributed by atoms with Crippen molar-refractivity contribution < 1.29 is 19.4 Å². The first-order chi connectivity index (χ1) is 13.1. The number of carboxylic acid groups (broad SMARTS) is 1. The van der Waals surface area contributed by atoms with E-state index in [1.807, 2.05) is 36.4 Å². The maximum absolute atomic E-state index is 11.7. The van der Waals surface area contributed by atoms with Gasteiger partial charge in [-0.25, -0.2) is 0 Å². The maximum atomic E-state index is 11.7. The summed E-state index contributed by atoms with van der Waals surface area (Å²) in [5.41, 5.74) is 1.64. The highest BCUT2D eigenvalue weighted by molar-refractivity contribution is 6.32. The van der Waals surface area contributed by atoms with E-state index in [0.717, 1.165) is 11.1 Å². The highest BCUT2D eigenvalue weighted by atomic mass is 35.5. The third-order valence-electron chi connectivity index (χ3n) is 4.24. The lowest BCUT2D eigenvalue weighted by Crippen LogP contribution is -2.14. The first-order valence-corrected chi connectivity index (χ1v) is 8.82. The number of ether oxygens (including phenoxy) is 2. The van der Waals surface area contributed by atoms with Crippen LogP contribution in [0.25, 0.3) is 0 Å². The first-order valence-electron chi connectivity index (χ1n) is 8.45. The number of para-hydroxylation sites is 1. The summed E-state index contributed by atoms with van der Waals surface area (Å²) in [6.45, 7) is 0. The summed E-state index contributed by atoms with van der Waals surface area (Å²) in [4.78, 5) is 11.7. The minimum Gasteiger partial charge on any atom is -0.497 e. The number of rotatable bonds is 7. The van der Waals surface area contributed by atoms with Crippen LogP contribution < -0.4 is 9.47 Å². The van der Waals surface area contributed by atoms with E-state index in [1.54, 1.807) is 43.5 Å². The summed E-state index contributed by atoms with van der Waals surface area (Å²) in [5, 5.41) is 10.2. The van der Waals surface area contributed by atoms with Crippen molar-refractivity contribution in [3.05, 3.63) is 88.9 Å². The van der Waals surface area contributed by atoms with E-state index in [1.165, 1.54) is 0 Å². The van der Waals surface area contributed by atoms with Crippen LogP contribution in [0.1, 0.15) is 17.0 Å². The van der Waals surface area contributed by atoms with Gasteiger partial charge in [-0.15, -0.1) is 0 Å². The molecule has 27 heavy (non-hydrogen) atoms. The maximum Gasteiger partial charge on any atom is 0.311 e. The average Bonchev–Trinajstić information content (AvgIpc) is 2.69. The van der Waals surface area contributed by atoms with Crippen LogP contribution in [-0.2, 0) is 11.2 Å². The van der Waals surface area contributed by atoms with Gasteiger partial charge in [0.05, 0.1) is 18.1 Å². The van der Waals surface area contributed by atoms with Crippen molar-refractivity contribution in [3.63, 3.8) is 0 Å². The van der Waals surface area contributed by atoms with Gasteiger partial charge in [0.15, 0.2) is 0 Å². The molecule has 0 aliphatic carbocycles. The predicted molar refractivity (Wildman–Crippen MR) is 105 cm³/mol. The molecular weight excluding hydrogens is 364 g/mol. The zero-order valence-corrected chi connectivity index (χ0v) is 15.5. The normalized spacial score (nSPS) is 11.6. The molecule has 1 N–H and O–H groups in total. The van der Waals surface area contributed by atoms with E-state index in [4.69, 9.17) is 21.1 Å². The molecule has 3 rings (SSSR count). The molecule has 1 atom stereocenters. The standard InChI is InChI=1S/C22H19ClO4/c1-26-17-12-8-16(9-13-17)19(22(24)25)14-15-6-10-18(11-7-15)27-21-5-3-2-4-20(21)23/h2-13,19H,14H2,1H3,(H,24,25). The minimum atomic E-state index is -0.864. The summed E-state index contributed by atoms with van der Waals surface area (Å²) < 4.78 is 10.9. The van der Waals surface area contributed by atoms with Crippen LogP contribution in [0.5, 0.6) is 17.2 Å². The number of hydrogen-bond donors (Lipinski definition) is 1. The Morgan fingerprint density at radius 1 is 0.963 bits per heavy atom. The van der Waals surface area contributed by atoms with Crippen LogP contribution in [0.4, 0.5) is 0 Å². The smallest absolute Gasteiger partial charge is 0.311 e. The number of methoxy groups -OCH3 is 1. The van der Waals surface area contributed by atoms with Crippen molar-refractivity contribution in [3.8, 4) is 17.2 Å². The fourth-order valence-electron chi connectivity index (χ4n) is 2.77. The third-order valence-corrected chi connectivity index (χ3v) is 4.56. The second kappa shape index (κ2) is 8.60. The van der Waals surface area contributed by atoms with Gasteiger partial charge < -0.3 is 14.6 Å². The number of carboxylic acids is 1. The quantitative estimate of drug-likeness (QED) is 0.581. The Morgan fingerprint density at radius 2 is 1.59 bits per heavy atom. The lowest BCUT2D eigenvalue weighted by Gasteiger charge is -2.14. The summed E-state index contributed by atoms with van der Waals surface area (Å²) in [6.07, 6.45) is 0.383. The molecule has 4 nitrogen and oxygen atoms in total. The molecule has 1 unspecified atom stereocenters. The number of hydrogen-bond acceptors (Lipinski definition) is 3. The van der Waals surface area contributed by atoms with Crippen LogP contribution in [-0.4, -0.2) is 18.2 Å². The van der Waals surface area contributed by atoms with E-state index in [-0.39, 0.29) is 0 Å². The Balaban J connectivity index is 1.73. The van der Waals surface area contributed by atoms with Crippen LogP contribution in [0.3, 0.4) is 0 Å². The lowest BCUT2D eigenvalue weighted by atomic mass is 9.92. The second-order valence-corrected chi connectivity index (χ2v) is 6.45. The van der Waals surface area contributed by atoms with E-state index in [9.17, 15) is 9.90 Å². The third kappa shape index (κ3) is 4.80. The van der Waals surface area contributed by atoms with Crippen molar-refractivity contribution in [2.45, 2.75) is 12.3 Å². The molecule has 0 heterocycles. The minimum absolute atomic E-state index is 0.383. The molecule has 0 aromatic heterocycles. The highest BCUT2D eigenvalue weighted by Crippen LogP contribution is 2.30. The molecule has 0 saturated carbocycles. The second-order valence-electron chi connectivity index (χ2n) is 6.04. The summed E-state index contributed by atoms with van der Waals surface area (Å²) >= 11 is 6.10. The molecule has 3 aromatic carbocycles. The van der Waals surface area contributed by atoms with E-state index >= 15 is 0 Å². The molecular formula is C22H19ClO4. The van der Waals surface area contributed by atoms with Crippen molar-refractivity contribution in [2.75, 3.05) is 7.11 Å². The topological polar surface area (TPSA) is 55.8 Å². The van der Waals surface area contributed by atoms with Gasteiger partial charge in [0.25, 0.3) is 0 Å².